The quantitative estimate of drug-likeness (QED) is 0.536. The number of ether oxygens (including phenoxy) is 3. The van der Waals surface area contributed by atoms with E-state index in [4.69, 9.17) is 19.5 Å². The Morgan fingerprint density at radius 2 is 1.80 bits per heavy atom. The summed E-state index contributed by atoms with van der Waals surface area (Å²) in [6.45, 7) is -0.0685. The maximum absolute atomic E-state index is 12.3. The number of carbonyl (C=O) groups is 1. The highest BCUT2D eigenvalue weighted by Gasteiger charge is 2.05. The van der Waals surface area contributed by atoms with Crippen LogP contribution in [0.1, 0.15) is 5.56 Å². The number of amides is 1. The minimum Gasteiger partial charge on any atom is -0.493 e. The van der Waals surface area contributed by atoms with Gasteiger partial charge in [-0.25, -0.2) is 0 Å². The molecule has 0 aliphatic heterocycles. The summed E-state index contributed by atoms with van der Waals surface area (Å²) in [5, 5.41) is 11.4. The van der Waals surface area contributed by atoms with Gasteiger partial charge in [-0.2, -0.15) is 5.26 Å². The first-order valence-electron chi connectivity index (χ1n) is 9.18. The molecule has 0 heterocycles. The van der Waals surface area contributed by atoms with Gasteiger partial charge < -0.3 is 19.5 Å². The van der Waals surface area contributed by atoms with Gasteiger partial charge in [-0.05, 0) is 48.0 Å². The van der Waals surface area contributed by atoms with E-state index < -0.39 is 0 Å². The number of hydrogen-bond acceptors (Lipinski definition) is 5. The lowest BCUT2D eigenvalue weighted by atomic mass is 10.2. The van der Waals surface area contributed by atoms with E-state index in [2.05, 4.69) is 5.32 Å². The molecule has 0 aliphatic rings. The smallest absolute Gasteiger partial charge is 0.248 e. The van der Waals surface area contributed by atoms with Crippen LogP contribution in [0.15, 0.2) is 78.9 Å². The van der Waals surface area contributed by atoms with E-state index in [1.165, 1.54) is 13.2 Å². The fourth-order valence-electron chi connectivity index (χ4n) is 2.63. The Balaban J connectivity index is 1.63. The third-order valence-electron chi connectivity index (χ3n) is 3.99. The van der Waals surface area contributed by atoms with E-state index in [-0.39, 0.29) is 12.5 Å². The number of benzene rings is 3. The van der Waals surface area contributed by atoms with Gasteiger partial charge in [0.2, 0.25) is 5.91 Å². The number of anilines is 1. The van der Waals surface area contributed by atoms with E-state index in [9.17, 15) is 4.79 Å². The van der Waals surface area contributed by atoms with Gasteiger partial charge in [0.05, 0.1) is 7.11 Å². The van der Waals surface area contributed by atoms with Gasteiger partial charge in [0.15, 0.2) is 18.1 Å². The van der Waals surface area contributed by atoms with Crippen LogP contribution >= 0.6 is 0 Å². The van der Waals surface area contributed by atoms with Crippen molar-refractivity contribution in [3.63, 3.8) is 0 Å². The van der Waals surface area contributed by atoms with Crippen molar-refractivity contribution in [1.29, 1.82) is 5.26 Å². The monoisotopic (exact) mass is 400 g/mol. The summed E-state index contributed by atoms with van der Waals surface area (Å²) in [5.41, 5.74) is 1.38. The lowest BCUT2D eigenvalue weighted by Crippen LogP contribution is -2.07. The third kappa shape index (κ3) is 5.88. The largest absolute Gasteiger partial charge is 0.493 e. The molecule has 150 valence electrons. The molecule has 1 N–H and O–H groups in total. The van der Waals surface area contributed by atoms with Crippen molar-refractivity contribution >= 4 is 17.7 Å². The average molecular weight is 400 g/mol. The summed E-state index contributed by atoms with van der Waals surface area (Å²) >= 11 is 0. The van der Waals surface area contributed by atoms with Crippen LogP contribution in [0.5, 0.6) is 23.0 Å². The minimum atomic E-state index is -0.282. The number of methoxy groups -OCH3 is 1. The van der Waals surface area contributed by atoms with Gasteiger partial charge >= 0.3 is 0 Å². The molecular weight excluding hydrogens is 380 g/mol. The first kappa shape index (κ1) is 20.5. The molecule has 0 bridgehead atoms. The van der Waals surface area contributed by atoms with Crippen LogP contribution in [0, 0.1) is 11.3 Å². The summed E-state index contributed by atoms with van der Waals surface area (Å²) in [5.74, 6) is 2.02. The summed E-state index contributed by atoms with van der Waals surface area (Å²) in [4.78, 5) is 12.3. The molecule has 0 unspecified atom stereocenters. The maximum atomic E-state index is 12.3. The fourth-order valence-corrected chi connectivity index (χ4v) is 2.63. The number of para-hydroxylation sites is 1. The average Bonchev–Trinajstić information content (AvgIpc) is 2.77. The van der Waals surface area contributed by atoms with Gasteiger partial charge in [0, 0.05) is 17.8 Å². The van der Waals surface area contributed by atoms with Crippen molar-refractivity contribution in [3.8, 4) is 29.1 Å². The molecule has 0 aliphatic carbocycles. The molecule has 3 rings (SSSR count). The Morgan fingerprint density at radius 3 is 2.57 bits per heavy atom. The number of carbonyl (C=O) groups excluding carboxylic acids is 1. The van der Waals surface area contributed by atoms with Crippen molar-refractivity contribution < 1.29 is 19.0 Å². The second-order valence-electron chi connectivity index (χ2n) is 6.12. The molecule has 3 aromatic rings. The van der Waals surface area contributed by atoms with Gasteiger partial charge in [-0.1, -0.05) is 30.3 Å². The van der Waals surface area contributed by atoms with Crippen LogP contribution in [0.2, 0.25) is 0 Å². The first-order valence-corrected chi connectivity index (χ1v) is 9.18. The molecule has 0 fully saturated rings. The molecule has 0 aromatic heterocycles. The number of rotatable bonds is 8. The van der Waals surface area contributed by atoms with Gasteiger partial charge in [0.25, 0.3) is 0 Å². The standard InChI is InChI=1S/C24H20N2O4/c1-28-23-16-18(10-12-22(23)29-15-14-25)11-13-24(27)26-19-6-5-9-21(17-19)30-20-7-3-2-4-8-20/h2-13,16-17H,15H2,1H3,(H,26,27)/b13-11+. The molecule has 0 saturated carbocycles. The van der Waals surface area contributed by atoms with Crippen LogP contribution in [0.3, 0.4) is 0 Å². The lowest BCUT2D eigenvalue weighted by Gasteiger charge is -2.09. The first-order chi connectivity index (χ1) is 14.7. The van der Waals surface area contributed by atoms with Crippen LogP contribution < -0.4 is 19.5 Å². The van der Waals surface area contributed by atoms with Crippen molar-refractivity contribution in [2.24, 2.45) is 0 Å². The molecule has 1 amide bonds. The molecule has 30 heavy (non-hydrogen) atoms. The zero-order chi connectivity index (χ0) is 21.2. The van der Waals surface area contributed by atoms with Gasteiger partial charge in [-0.15, -0.1) is 0 Å². The summed E-state index contributed by atoms with van der Waals surface area (Å²) < 4.78 is 16.3. The van der Waals surface area contributed by atoms with E-state index in [0.717, 1.165) is 11.3 Å². The summed E-state index contributed by atoms with van der Waals surface area (Å²) in [7, 11) is 1.51. The lowest BCUT2D eigenvalue weighted by molar-refractivity contribution is -0.111. The molecule has 6 nitrogen and oxygen atoms in total. The van der Waals surface area contributed by atoms with Crippen LogP contribution in [0.25, 0.3) is 6.08 Å². The van der Waals surface area contributed by atoms with E-state index in [0.29, 0.717) is 22.9 Å². The van der Waals surface area contributed by atoms with Gasteiger partial charge in [0.1, 0.15) is 17.6 Å². The van der Waals surface area contributed by atoms with Crippen molar-refractivity contribution in [1.82, 2.24) is 0 Å². The highest BCUT2D eigenvalue weighted by Crippen LogP contribution is 2.28. The zero-order valence-electron chi connectivity index (χ0n) is 16.4. The normalized spacial score (nSPS) is 10.3. The van der Waals surface area contributed by atoms with Crippen molar-refractivity contribution in [2.45, 2.75) is 0 Å². The molecule has 0 atom stereocenters. The topological polar surface area (TPSA) is 80.6 Å². The van der Waals surface area contributed by atoms with Crippen LogP contribution in [0.4, 0.5) is 5.69 Å². The Morgan fingerprint density at radius 1 is 1.00 bits per heavy atom. The maximum Gasteiger partial charge on any atom is 0.248 e. The zero-order valence-corrected chi connectivity index (χ0v) is 16.4. The van der Waals surface area contributed by atoms with E-state index in [1.54, 1.807) is 36.4 Å². The highest BCUT2D eigenvalue weighted by molar-refractivity contribution is 6.02. The predicted octanol–water partition coefficient (Wildman–Crippen LogP) is 5.04. The molecule has 6 heteroatoms. The van der Waals surface area contributed by atoms with Gasteiger partial charge in [-0.3, -0.25) is 4.79 Å². The molecule has 0 saturated heterocycles. The molecule has 3 aromatic carbocycles. The Kier molecular flexibility index (Phi) is 7.07. The van der Waals surface area contributed by atoms with Crippen molar-refractivity contribution in [2.75, 3.05) is 19.0 Å². The second-order valence-corrected chi connectivity index (χ2v) is 6.12. The predicted molar refractivity (Wildman–Crippen MR) is 115 cm³/mol. The Labute approximate surface area is 174 Å². The summed E-state index contributed by atoms with van der Waals surface area (Å²) in [6, 6.07) is 23.7. The second kappa shape index (κ2) is 10.3. The fraction of sp³-hybridized carbons (Fsp3) is 0.0833. The van der Waals surface area contributed by atoms with E-state index >= 15 is 0 Å². The van der Waals surface area contributed by atoms with E-state index in [1.807, 2.05) is 48.5 Å². The van der Waals surface area contributed by atoms with Crippen LogP contribution in [-0.4, -0.2) is 19.6 Å². The third-order valence-corrected chi connectivity index (χ3v) is 3.99. The Hall–Kier alpha value is -4.24. The Bertz CT molecular complexity index is 1070. The number of hydrogen-bond donors (Lipinski definition) is 1. The number of nitrogens with zero attached hydrogens (tertiary/aromatic N) is 1. The highest BCUT2D eigenvalue weighted by atomic mass is 16.5. The molecule has 0 spiro atoms. The molecule has 0 radical (unpaired) electrons. The number of nitrogens with one attached hydrogen (secondary N) is 1. The van der Waals surface area contributed by atoms with Crippen molar-refractivity contribution in [3.05, 3.63) is 84.4 Å². The molecular formula is C24H20N2O4. The summed E-state index contributed by atoms with van der Waals surface area (Å²) in [6.07, 6.45) is 3.09. The number of nitriles is 1. The van der Waals surface area contributed by atoms with Crippen LogP contribution in [-0.2, 0) is 4.79 Å². The minimum absolute atomic E-state index is 0.0685. The SMILES string of the molecule is COc1cc(/C=C/C(=O)Nc2cccc(Oc3ccccc3)c2)ccc1OCC#N.